The van der Waals surface area contributed by atoms with Crippen LogP contribution in [0.3, 0.4) is 0 Å². The van der Waals surface area contributed by atoms with Gasteiger partial charge in [-0.3, -0.25) is 4.79 Å². The summed E-state index contributed by atoms with van der Waals surface area (Å²) in [6, 6.07) is 11.5. The quantitative estimate of drug-likeness (QED) is 0.108. The molecular formula is C33H53IN2O3. The van der Waals surface area contributed by atoms with Crippen LogP contribution >= 0.6 is 0 Å². The Balaban J connectivity index is 0.00000760. The normalized spacial score (nSPS) is 10.6. The van der Waals surface area contributed by atoms with Gasteiger partial charge >= 0.3 is 0 Å². The lowest BCUT2D eigenvalue weighted by Gasteiger charge is -2.12. The zero-order valence-electron chi connectivity index (χ0n) is 24.8. The number of carbonyl (C=O) groups excluding carboxylic acids is 1. The van der Waals surface area contributed by atoms with Crippen molar-refractivity contribution in [2.45, 2.75) is 123 Å². The summed E-state index contributed by atoms with van der Waals surface area (Å²) in [5.74, 6) is 1.14. The summed E-state index contributed by atoms with van der Waals surface area (Å²) in [7, 11) is 1.59. The summed E-state index contributed by atoms with van der Waals surface area (Å²) in [6.07, 6.45) is 22.0. The number of aromatic nitrogens is 1. The predicted molar refractivity (Wildman–Crippen MR) is 157 cm³/mol. The van der Waals surface area contributed by atoms with Crippen LogP contribution in [-0.2, 0) is 13.1 Å². The number of hydrogen-bond donors (Lipinski definition) is 1. The molecule has 0 saturated heterocycles. The average molecular weight is 653 g/mol. The third-order valence-corrected chi connectivity index (χ3v) is 7.11. The first kappa shape index (κ1) is 35.2. The highest BCUT2D eigenvalue weighted by Gasteiger charge is 2.16. The van der Waals surface area contributed by atoms with Crippen molar-refractivity contribution in [3.05, 3.63) is 53.9 Å². The van der Waals surface area contributed by atoms with Crippen molar-refractivity contribution in [3.8, 4) is 11.5 Å². The molecule has 0 aliphatic carbocycles. The maximum absolute atomic E-state index is 12.8. The van der Waals surface area contributed by atoms with Gasteiger partial charge in [0.2, 0.25) is 5.69 Å². The van der Waals surface area contributed by atoms with Crippen molar-refractivity contribution >= 4 is 5.91 Å². The minimum absolute atomic E-state index is 0. The highest BCUT2D eigenvalue weighted by atomic mass is 127. The number of pyridine rings is 1. The Kier molecular flexibility index (Phi) is 20.7. The summed E-state index contributed by atoms with van der Waals surface area (Å²) in [4.78, 5) is 12.8. The topological polar surface area (TPSA) is 51.4 Å². The SMILES string of the molecule is CCCCCCCCCCCCCCCCOc1ccc(C(=O)NCc2cccc[n+]2CCC)c(OC)c1.[I-]. The fourth-order valence-electron chi connectivity index (χ4n) is 4.83. The molecule has 0 aliphatic heterocycles. The van der Waals surface area contributed by atoms with Crippen LogP contribution in [0.15, 0.2) is 42.6 Å². The number of halogens is 1. The van der Waals surface area contributed by atoms with E-state index < -0.39 is 0 Å². The third-order valence-electron chi connectivity index (χ3n) is 7.11. The van der Waals surface area contributed by atoms with Gasteiger partial charge in [-0.15, -0.1) is 0 Å². The number of benzene rings is 1. The minimum Gasteiger partial charge on any atom is -1.00 e. The zero-order valence-corrected chi connectivity index (χ0v) is 27.0. The van der Waals surface area contributed by atoms with E-state index in [-0.39, 0.29) is 29.9 Å². The van der Waals surface area contributed by atoms with Crippen LogP contribution in [0, 0.1) is 0 Å². The number of hydrogen-bond acceptors (Lipinski definition) is 3. The molecule has 0 radical (unpaired) electrons. The molecule has 0 atom stereocenters. The third kappa shape index (κ3) is 14.9. The van der Waals surface area contributed by atoms with Crippen molar-refractivity contribution in [1.82, 2.24) is 5.32 Å². The second kappa shape index (κ2) is 22.9. The second-order valence-electron chi connectivity index (χ2n) is 10.4. The Morgan fingerprint density at radius 3 is 2.00 bits per heavy atom. The number of methoxy groups -OCH3 is 1. The molecule has 2 rings (SSSR count). The smallest absolute Gasteiger partial charge is 0.255 e. The van der Waals surface area contributed by atoms with Gasteiger partial charge in [0, 0.05) is 24.6 Å². The monoisotopic (exact) mass is 652 g/mol. The van der Waals surface area contributed by atoms with Crippen molar-refractivity contribution < 1.29 is 42.8 Å². The first-order chi connectivity index (χ1) is 18.7. The van der Waals surface area contributed by atoms with Gasteiger partial charge in [0.1, 0.15) is 24.6 Å². The molecule has 1 aromatic carbocycles. The molecule has 220 valence electrons. The van der Waals surface area contributed by atoms with Crippen LogP contribution in [0.1, 0.15) is 126 Å². The van der Waals surface area contributed by atoms with Gasteiger partial charge in [0.15, 0.2) is 6.20 Å². The Hall–Kier alpha value is -1.83. The molecule has 6 heteroatoms. The van der Waals surface area contributed by atoms with Crippen LogP contribution in [0.4, 0.5) is 0 Å². The minimum atomic E-state index is -0.146. The first-order valence-corrected chi connectivity index (χ1v) is 15.3. The van der Waals surface area contributed by atoms with Gasteiger partial charge in [0.25, 0.3) is 5.91 Å². The van der Waals surface area contributed by atoms with Crippen LogP contribution in [-0.4, -0.2) is 19.6 Å². The van der Waals surface area contributed by atoms with Crippen LogP contribution in [0.5, 0.6) is 11.5 Å². The molecule has 2 aromatic rings. The van der Waals surface area contributed by atoms with E-state index >= 15 is 0 Å². The predicted octanol–water partition coefficient (Wildman–Crippen LogP) is 5.19. The summed E-state index contributed by atoms with van der Waals surface area (Å²) in [5, 5.41) is 3.03. The molecule has 0 fully saturated rings. The van der Waals surface area contributed by atoms with E-state index in [9.17, 15) is 4.79 Å². The Morgan fingerprint density at radius 1 is 0.795 bits per heavy atom. The maximum Gasteiger partial charge on any atom is 0.255 e. The Bertz CT molecular complexity index is 906. The number of unbranched alkanes of at least 4 members (excludes halogenated alkanes) is 13. The lowest BCUT2D eigenvalue weighted by atomic mass is 10.0. The first-order valence-electron chi connectivity index (χ1n) is 15.3. The largest absolute Gasteiger partial charge is 1.00 e. The van der Waals surface area contributed by atoms with Gasteiger partial charge in [-0.25, -0.2) is 4.57 Å². The van der Waals surface area contributed by atoms with Crippen molar-refractivity contribution in [2.24, 2.45) is 0 Å². The molecule has 0 spiro atoms. The van der Waals surface area contributed by atoms with Crippen molar-refractivity contribution in [3.63, 3.8) is 0 Å². The lowest BCUT2D eigenvalue weighted by Crippen LogP contribution is -3.00. The fourth-order valence-corrected chi connectivity index (χ4v) is 4.83. The molecule has 0 unspecified atom stereocenters. The van der Waals surface area contributed by atoms with Crippen LogP contribution < -0.4 is 43.3 Å². The van der Waals surface area contributed by atoms with Crippen LogP contribution in [0.25, 0.3) is 0 Å². The van der Waals surface area contributed by atoms with Crippen molar-refractivity contribution in [1.29, 1.82) is 0 Å². The maximum atomic E-state index is 12.8. The number of rotatable bonds is 22. The van der Waals surface area contributed by atoms with Crippen LogP contribution in [0.2, 0.25) is 0 Å². The number of amides is 1. The van der Waals surface area contributed by atoms with E-state index in [0.29, 0.717) is 24.5 Å². The van der Waals surface area contributed by atoms with E-state index in [1.807, 2.05) is 30.3 Å². The molecule has 5 nitrogen and oxygen atoms in total. The standard InChI is InChI=1S/C33H52N2O3.HI/c1-4-6-7-8-9-10-11-12-13-14-15-16-17-20-26-38-30-22-23-31(32(27-30)37-3)33(36)34-28-29-21-18-19-25-35(29)24-5-2;/h18-19,21-23,25,27H,4-17,20,24,26,28H2,1-3H3;1H. The summed E-state index contributed by atoms with van der Waals surface area (Å²) >= 11 is 0. The number of ether oxygens (including phenoxy) is 2. The molecule has 0 aliphatic rings. The molecule has 0 bridgehead atoms. The van der Waals surface area contributed by atoms with E-state index in [4.69, 9.17) is 9.47 Å². The average Bonchev–Trinajstić information content (AvgIpc) is 2.94. The van der Waals surface area contributed by atoms with E-state index in [1.54, 1.807) is 13.2 Å². The van der Waals surface area contributed by atoms with Gasteiger partial charge in [-0.1, -0.05) is 103 Å². The van der Waals surface area contributed by atoms with Gasteiger partial charge < -0.3 is 38.8 Å². The molecular weight excluding hydrogens is 599 g/mol. The number of carbonyl (C=O) groups is 1. The highest BCUT2D eigenvalue weighted by molar-refractivity contribution is 5.97. The summed E-state index contributed by atoms with van der Waals surface area (Å²) in [5.41, 5.74) is 1.60. The highest BCUT2D eigenvalue weighted by Crippen LogP contribution is 2.25. The van der Waals surface area contributed by atoms with E-state index in [0.717, 1.165) is 30.8 Å². The molecule has 1 aromatic heterocycles. The molecule has 0 saturated carbocycles. The van der Waals surface area contributed by atoms with E-state index in [1.165, 1.54) is 83.5 Å². The molecule has 39 heavy (non-hydrogen) atoms. The molecule has 1 amide bonds. The molecule has 1 N–H and O–H groups in total. The lowest BCUT2D eigenvalue weighted by molar-refractivity contribution is -0.704. The second-order valence-corrected chi connectivity index (χ2v) is 10.4. The Morgan fingerprint density at radius 2 is 1.41 bits per heavy atom. The Labute approximate surface area is 255 Å². The number of aryl methyl sites for hydroxylation is 1. The van der Waals surface area contributed by atoms with E-state index in [2.05, 4.69) is 29.9 Å². The summed E-state index contributed by atoms with van der Waals surface area (Å²) in [6.45, 7) is 6.52. The number of nitrogens with zero attached hydrogens (tertiary/aromatic N) is 1. The zero-order chi connectivity index (χ0) is 27.3. The molecule has 1 heterocycles. The van der Waals surface area contributed by atoms with Gasteiger partial charge in [0.05, 0.1) is 19.3 Å². The fraction of sp³-hybridized carbons (Fsp3) is 0.636. The van der Waals surface area contributed by atoms with Gasteiger partial charge in [-0.2, -0.15) is 0 Å². The number of nitrogens with one attached hydrogen (secondary N) is 1. The van der Waals surface area contributed by atoms with Crippen molar-refractivity contribution in [2.75, 3.05) is 13.7 Å². The van der Waals surface area contributed by atoms with Gasteiger partial charge in [-0.05, 0) is 18.6 Å². The summed E-state index contributed by atoms with van der Waals surface area (Å²) < 4.78 is 13.6.